The molecule has 0 spiro atoms. The van der Waals surface area contributed by atoms with E-state index in [9.17, 15) is 9.18 Å². The van der Waals surface area contributed by atoms with Gasteiger partial charge in [-0.25, -0.2) is 4.39 Å². The smallest absolute Gasteiger partial charge is 0.258 e. The largest absolute Gasteiger partial charge is 0.326 e. The van der Waals surface area contributed by atoms with E-state index in [2.05, 4.69) is 0 Å². The molecule has 0 heterocycles. The van der Waals surface area contributed by atoms with Gasteiger partial charge in [0.25, 0.3) is 5.91 Å². The zero-order valence-corrected chi connectivity index (χ0v) is 11.6. The summed E-state index contributed by atoms with van der Waals surface area (Å²) in [6, 6.07) is 11.8. The molecule has 104 valence electrons. The summed E-state index contributed by atoms with van der Waals surface area (Å²) in [6.07, 6.45) is 0. The Bertz CT molecular complexity index is 623. The first kappa shape index (κ1) is 14.2. The average molecular weight is 272 g/mol. The van der Waals surface area contributed by atoms with Gasteiger partial charge >= 0.3 is 0 Å². The minimum atomic E-state index is -0.309. The fourth-order valence-electron chi connectivity index (χ4n) is 1.94. The van der Waals surface area contributed by atoms with Gasteiger partial charge in [-0.05, 0) is 48.4 Å². The molecule has 0 fully saturated rings. The number of carbonyl (C=O) groups is 1. The Balaban J connectivity index is 2.24. The monoisotopic (exact) mass is 272 g/mol. The molecule has 0 aliphatic carbocycles. The van der Waals surface area contributed by atoms with Crippen LogP contribution in [0.5, 0.6) is 0 Å². The predicted molar refractivity (Wildman–Crippen MR) is 78.2 cm³/mol. The highest BCUT2D eigenvalue weighted by molar-refractivity contribution is 6.05. The average Bonchev–Trinajstić information content (AvgIpc) is 2.48. The first-order valence-electron chi connectivity index (χ1n) is 6.36. The lowest BCUT2D eigenvalue weighted by Gasteiger charge is -2.18. The van der Waals surface area contributed by atoms with Crippen LogP contribution in [0.2, 0.25) is 0 Å². The normalized spacial score (nSPS) is 10.4. The van der Waals surface area contributed by atoms with Crippen molar-refractivity contribution >= 4 is 11.6 Å². The Hall–Kier alpha value is -2.20. The SMILES string of the molecule is Cc1cc(C(=O)N(C)c2ccc(CN)cc2)ccc1F. The molecule has 3 nitrogen and oxygen atoms in total. The van der Waals surface area contributed by atoms with Crippen LogP contribution in [0.3, 0.4) is 0 Å². The standard InChI is InChI=1S/C16H17FN2O/c1-11-9-13(5-8-15(11)17)16(20)19(2)14-6-3-12(10-18)4-7-14/h3-9H,10,18H2,1-2H3. The van der Waals surface area contributed by atoms with Gasteiger partial charge in [0.05, 0.1) is 0 Å². The summed E-state index contributed by atoms with van der Waals surface area (Å²) in [5.74, 6) is -0.481. The van der Waals surface area contributed by atoms with Gasteiger partial charge in [-0.15, -0.1) is 0 Å². The number of hydrogen-bond donors (Lipinski definition) is 1. The molecule has 0 bridgehead atoms. The summed E-state index contributed by atoms with van der Waals surface area (Å²) >= 11 is 0. The number of rotatable bonds is 3. The molecule has 2 rings (SSSR count). The van der Waals surface area contributed by atoms with Crippen molar-refractivity contribution in [2.24, 2.45) is 5.73 Å². The van der Waals surface area contributed by atoms with E-state index in [-0.39, 0.29) is 11.7 Å². The van der Waals surface area contributed by atoms with Crippen molar-refractivity contribution in [3.8, 4) is 0 Å². The highest BCUT2D eigenvalue weighted by atomic mass is 19.1. The fraction of sp³-hybridized carbons (Fsp3) is 0.188. The Morgan fingerprint density at radius 3 is 2.40 bits per heavy atom. The molecule has 0 unspecified atom stereocenters. The number of halogens is 1. The molecule has 0 aliphatic heterocycles. The fourth-order valence-corrected chi connectivity index (χ4v) is 1.94. The Kier molecular flexibility index (Phi) is 4.15. The number of amides is 1. The molecule has 0 saturated heterocycles. The summed E-state index contributed by atoms with van der Waals surface area (Å²) < 4.78 is 13.2. The van der Waals surface area contributed by atoms with E-state index in [1.54, 1.807) is 20.0 Å². The van der Waals surface area contributed by atoms with Gasteiger partial charge in [0.1, 0.15) is 5.82 Å². The molecule has 2 aromatic carbocycles. The molecule has 2 N–H and O–H groups in total. The molecule has 0 saturated carbocycles. The van der Waals surface area contributed by atoms with E-state index in [4.69, 9.17) is 5.73 Å². The highest BCUT2D eigenvalue weighted by Crippen LogP contribution is 2.18. The van der Waals surface area contributed by atoms with Crippen molar-refractivity contribution in [1.29, 1.82) is 0 Å². The summed E-state index contributed by atoms with van der Waals surface area (Å²) in [4.78, 5) is 13.9. The van der Waals surface area contributed by atoms with Crippen LogP contribution in [0.25, 0.3) is 0 Å². The molecule has 2 aromatic rings. The van der Waals surface area contributed by atoms with Crippen LogP contribution in [-0.2, 0) is 6.54 Å². The molecular weight excluding hydrogens is 255 g/mol. The number of nitrogens with zero attached hydrogens (tertiary/aromatic N) is 1. The second-order valence-electron chi connectivity index (χ2n) is 4.70. The molecule has 20 heavy (non-hydrogen) atoms. The maximum Gasteiger partial charge on any atom is 0.258 e. The van der Waals surface area contributed by atoms with Crippen molar-refractivity contribution in [2.75, 3.05) is 11.9 Å². The van der Waals surface area contributed by atoms with Gasteiger partial charge in [0, 0.05) is 24.8 Å². The van der Waals surface area contributed by atoms with Crippen LogP contribution < -0.4 is 10.6 Å². The molecule has 0 radical (unpaired) electrons. The first-order chi connectivity index (χ1) is 9.52. The number of anilines is 1. The van der Waals surface area contributed by atoms with Crippen LogP contribution >= 0.6 is 0 Å². The summed E-state index contributed by atoms with van der Waals surface area (Å²) in [5.41, 5.74) is 8.25. The second kappa shape index (κ2) is 5.84. The third-order valence-corrected chi connectivity index (χ3v) is 3.27. The van der Waals surface area contributed by atoms with E-state index in [1.807, 2.05) is 24.3 Å². The van der Waals surface area contributed by atoms with Crippen molar-refractivity contribution < 1.29 is 9.18 Å². The van der Waals surface area contributed by atoms with Crippen LogP contribution in [0.4, 0.5) is 10.1 Å². The number of nitrogens with two attached hydrogens (primary N) is 1. The molecule has 4 heteroatoms. The van der Waals surface area contributed by atoms with Crippen molar-refractivity contribution in [1.82, 2.24) is 0 Å². The number of carbonyl (C=O) groups excluding carboxylic acids is 1. The summed E-state index contributed by atoms with van der Waals surface area (Å²) in [6.45, 7) is 2.11. The van der Waals surface area contributed by atoms with Gasteiger partial charge < -0.3 is 10.6 Å². The zero-order chi connectivity index (χ0) is 14.7. The van der Waals surface area contributed by atoms with Gasteiger partial charge in [-0.3, -0.25) is 4.79 Å². The lowest BCUT2D eigenvalue weighted by molar-refractivity contribution is 0.0993. The molecule has 1 amide bonds. The minimum absolute atomic E-state index is 0.173. The first-order valence-corrected chi connectivity index (χ1v) is 6.36. The maximum atomic E-state index is 13.2. The van der Waals surface area contributed by atoms with E-state index in [0.29, 0.717) is 17.7 Å². The Morgan fingerprint density at radius 1 is 1.20 bits per heavy atom. The lowest BCUT2D eigenvalue weighted by Crippen LogP contribution is -2.26. The minimum Gasteiger partial charge on any atom is -0.326 e. The lowest BCUT2D eigenvalue weighted by atomic mass is 10.1. The third-order valence-electron chi connectivity index (χ3n) is 3.27. The quantitative estimate of drug-likeness (QED) is 0.934. The Labute approximate surface area is 117 Å². The van der Waals surface area contributed by atoms with E-state index < -0.39 is 0 Å². The molecule has 0 aliphatic rings. The van der Waals surface area contributed by atoms with Gasteiger partial charge in [0.2, 0.25) is 0 Å². The van der Waals surface area contributed by atoms with Gasteiger partial charge in [-0.1, -0.05) is 12.1 Å². The van der Waals surface area contributed by atoms with Crippen LogP contribution in [0, 0.1) is 12.7 Å². The van der Waals surface area contributed by atoms with Gasteiger partial charge in [-0.2, -0.15) is 0 Å². The number of hydrogen-bond acceptors (Lipinski definition) is 2. The predicted octanol–water partition coefficient (Wildman–Crippen LogP) is 2.87. The van der Waals surface area contributed by atoms with Crippen molar-refractivity contribution in [3.05, 3.63) is 65.0 Å². The van der Waals surface area contributed by atoms with E-state index in [0.717, 1.165) is 11.3 Å². The Morgan fingerprint density at radius 2 is 1.85 bits per heavy atom. The van der Waals surface area contributed by atoms with Crippen LogP contribution in [0.1, 0.15) is 21.5 Å². The van der Waals surface area contributed by atoms with Gasteiger partial charge in [0.15, 0.2) is 0 Å². The third kappa shape index (κ3) is 2.86. The molecule has 0 aromatic heterocycles. The van der Waals surface area contributed by atoms with E-state index >= 15 is 0 Å². The number of benzene rings is 2. The van der Waals surface area contributed by atoms with Crippen molar-refractivity contribution in [3.63, 3.8) is 0 Å². The summed E-state index contributed by atoms with van der Waals surface area (Å²) in [7, 11) is 1.69. The number of aryl methyl sites for hydroxylation is 1. The van der Waals surface area contributed by atoms with Crippen LogP contribution in [0.15, 0.2) is 42.5 Å². The second-order valence-corrected chi connectivity index (χ2v) is 4.70. The highest BCUT2D eigenvalue weighted by Gasteiger charge is 2.14. The maximum absolute atomic E-state index is 13.2. The molecule has 0 atom stereocenters. The zero-order valence-electron chi connectivity index (χ0n) is 11.6. The van der Waals surface area contributed by atoms with Crippen LogP contribution in [-0.4, -0.2) is 13.0 Å². The topological polar surface area (TPSA) is 46.3 Å². The summed E-state index contributed by atoms with van der Waals surface area (Å²) in [5, 5.41) is 0. The van der Waals surface area contributed by atoms with Crippen molar-refractivity contribution in [2.45, 2.75) is 13.5 Å². The van der Waals surface area contributed by atoms with E-state index in [1.165, 1.54) is 17.0 Å². The molecular formula is C16H17FN2O.